The van der Waals surface area contributed by atoms with Gasteiger partial charge in [0.2, 0.25) is 5.75 Å². The third kappa shape index (κ3) is 3.53. The molecule has 0 atom stereocenters. The third-order valence-electron chi connectivity index (χ3n) is 3.58. The molecule has 1 fully saturated rings. The fraction of sp³-hybridized carbons (Fsp3) is 0.600. The second-order valence-corrected chi connectivity index (χ2v) is 4.98. The van der Waals surface area contributed by atoms with E-state index in [9.17, 15) is 5.11 Å². The van der Waals surface area contributed by atoms with E-state index in [1.54, 1.807) is 13.2 Å². The Morgan fingerprint density at radius 1 is 1.32 bits per heavy atom. The highest BCUT2D eigenvalue weighted by Crippen LogP contribution is 2.38. The van der Waals surface area contributed by atoms with Crippen LogP contribution in [-0.2, 0) is 6.42 Å². The fourth-order valence-electron chi connectivity index (χ4n) is 2.65. The summed E-state index contributed by atoms with van der Waals surface area (Å²) in [5.74, 6) is 1.91. The predicted octanol–water partition coefficient (Wildman–Crippen LogP) is 2.34. The number of ether oxygens (including phenoxy) is 2. The average molecular weight is 265 g/mol. The Kier molecular flexibility index (Phi) is 4.91. The van der Waals surface area contributed by atoms with E-state index in [0.717, 1.165) is 25.1 Å². The van der Waals surface area contributed by atoms with Gasteiger partial charge in [0.15, 0.2) is 11.5 Å². The van der Waals surface area contributed by atoms with Crippen LogP contribution in [0.2, 0.25) is 0 Å². The van der Waals surface area contributed by atoms with Crippen LogP contribution in [0.3, 0.4) is 0 Å². The van der Waals surface area contributed by atoms with Crippen LogP contribution in [0, 0.1) is 5.92 Å². The van der Waals surface area contributed by atoms with Crippen molar-refractivity contribution >= 4 is 0 Å². The van der Waals surface area contributed by atoms with E-state index >= 15 is 0 Å². The van der Waals surface area contributed by atoms with E-state index in [4.69, 9.17) is 9.47 Å². The molecule has 0 bridgehead atoms. The summed E-state index contributed by atoms with van der Waals surface area (Å²) < 4.78 is 10.7. The van der Waals surface area contributed by atoms with Crippen molar-refractivity contribution in [2.45, 2.75) is 26.2 Å². The van der Waals surface area contributed by atoms with Crippen LogP contribution in [0.1, 0.15) is 25.3 Å². The van der Waals surface area contributed by atoms with Gasteiger partial charge in [0.1, 0.15) is 0 Å². The van der Waals surface area contributed by atoms with Crippen LogP contribution in [0.15, 0.2) is 12.1 Å². The van der Waals surface area contributed by atoms with Crippen molar-refractivity contribution in [3.63, 3.8) is 0 Å². The molecule has 19 heavy (non-hydrogen) atoms. The molecule has 2 N–H and O–H groups in total. The van der Waals surface area contributed by atoms with Crippen LogP contribution in [0.5, 0.6) is 17.2 Å². The fourth-order valence-corrected chi connectivity index (χ4v) is 2.65. The maximum atomic E-state index is 10.0. The lowest BCUT2D eigenvalue weighted by molar-refractivity contribution is 0.299. The largest absolute Gasteiger partial charge is 0.504 e. The number of hydrogen-bond donors (Lipinski definition) is 2. The quantitative estimate of drug-likeness (QED) is 0.858. The number of piperidine rings is 1. The molecule has 1 aromatic rings. The Labute approximate surface area is 114 Å². The first-order chi connectivity index (χ1) is 9.24. The van der Waals surface area contributed by atoms with Crippen LogP contribution in [-0.4, -0.2) is 31.9 Å². The van der Waals surface area contributed by atoms with Gasteiger partial charge in [0.25, 0.3) is 0 Å². The van der Waals surface area contributed by atoms with Crippen LogP contribution < -0.4 is 14.8 Å². The summed E-state index contributed by atoms with van der Waals surface area (Å²) in [5.41, 5.74) is 1.12. The number of phenolic OH excluding ortho intramolecular Hbond substituents is 1. The zero-order valence-corrected chi connectivity index (χ0v) is 11.7. The van der Waals surface area contributed by atoms with Crippen molar-refractivity contribution in [1.82, 2.24) is 5.32 Å². The number of rotatable bonds is 5. The normalized spacial score (nSPS) is 16.3. The second-order valence-electron chi connectivity index (χ2n) is 4.98. The first-order valence-corrected chi connectivity index (χ1v) is 6.98. The van der Waals surface area contributed by atoms with E-state index in [0.29, 0.717) is 24.0 Å². The van der Waals surface area contributed by atoms with Crippen molar-refractivity contribution in [3.8, 4) is 17.2 Å². The molecule has 0 aromatic heterocycles. The molecule has 0 amide bonds. The molecule has 0 saturated carbocycles. The first kappa shape index (κ1) is 14.0. The highest BCUT2D eigenvalue weighted by Gasteiger charge is 2.17. The maximum Gasteiger partial charge on any atom is 0.203 e. The highest BCUT2D eigenvalue weighted by molar-refractivity contribution is 5.53. The standard InChI is InChI=1S/C15H23NO3/c1-3-19-14-10-12(9-13(17)15(14)18-2)8-11-4-6-16-7-5-11/h9-11,16-17H,3-8H2,1-2H3. The number of methoxy groups -OCH3 is 1. The number of nitrogens with one attached hydrogen (secondary N) is 1. The molecule has 1 aromatic carbocycles. The molecule has 1 saturated heterocycles. The maximum absolute atomic E-state index is 10.0. The van der Waals surface area contributed by atoms with Crippen LogP contribution in [0.25, 0.3) is 0 Å². The molecule has 1 heterocycles. The molecule has 2 rings (SSSR count). The molecule has 0 radical (unpaired) electrons. The molecule has 4 nitrogen and oxygen atoms in total. The molecule has 4 heteroatoms. The van der Waals surface area contributed by atoms with E-state index in [1.165, 1.54) is 12.8 Å². The van der Waals surface area contributed by atoms with Gasteiger partial charge in [0.05, 0.1) is 13.7 Å². The van der Waals surface area contributed by atoms with Gasteiger partial charge in [-0.1, -0.05) is 0 Å². The lowest BCUT2D eigenvalue weighted by Gasteiger charge is -2.23. The number of benzene rings is 1. The molecule has 0 unspecified atom stereocenters. The van der Waals surface area contributed by atoms with E-state index < -0.39 is 0 Å². The minimum absolute atomic E-state index is 0.164. The van der Waals surface area contributed by atoms with Gasteiger partial charge in [-0.05, 0) is 62.9 Å². The molecule has 1 aliphatic rings. The molecule has 106 valence electrons. The average Bonchev–Trinajstić information content (AvgIpc) is 2.40. The topological polar surface area (TPSA) is 50.7 Å². The lowest BCUT2D eigenvalue weighted by atomic mass is 9.91. The summed E-state index contributed by atoms with van der Waals surface area (Å²) in [6.07, 6.45) is 3.37. The third-order valence-corrected chi connectivity index (χ3v) is 3.58. The summed E-state index contributed by atoms with van der Waals surface area (Å²) in [7, 11) is 1.55. The molecule has 0 aliphatic carbocycles. The van der Waals surface area contributed by atoms with Crippen molar-refractivity contribution in [2.24, 2.45) is 5.92 Å². The zero-order valence-electron chi connectivity index (χ0n) is 11.7. The Morgan fingerprint density at radius 3 is 2.68 bits per heavy atom. The summed E-state index contributed by atoms with van der Waals surface area (Å²) in [4.78, 5) is 0. The summed E-state index contributed by atoms with van der Waals surface area (Å²) in [6, 6.07) is 3.79. The number of aromatic hydroxyl groups is 1. The van der Waals surface area contributed by atoms with E-state index in [1.807, 2.05) is 13.0 Å². The lowest BCUT2D eigenvalue weighted by Crippen LogP contribution is -2.28. The molecule has 1 aliphatic heterocycles. The number of phenols is 1. The molecular weight excluding hydrogens is 242 g/mol. The smallest absolute Gasteiger partial charge is 0.203 e. The minimum atomic E-state index is 0.164. The van der Waals surface area contributed by atoms with Gasteiger partial charge in [-0.3, -0.25) is 0 Å². The first-order valence-electron chi connectivity index (χ1n) is 6.98. The highest BCUT2D eigenvalue weighted by atomic mass is 16.5. The van der Waals surface area contributed by atoms with Gasteiger partial charge < -0.3 is 19.9 Å². The summed E-state index contributed by atoms with van der Waals surface area (Å²) >= 11 is 0. The summed E-state index contributed by atoms with van der Waals surface area (Å²) in [5, 5.41) is 13.4. The van der Waals surface area contributed by atoms with Crippen molar-refractivity contribution < 1.29 is 14.6 Å². The zero-order chi connectivity index (χ0) is 13.7. The van der Waals surface area contributed by atoms with E-state index in [-0.39, 0.29) is 5.75 Å². The Hall–Kier alpha value is -1.42. The van der Waals surface area contributed by atoms with Crippen molar-refractivity contribution in [2.75, 3.05) is 26.8 Å². The van der Waals surface area contributed by atoms with Gasteiger partial charge >= 0.3 is 0 Å². The number of hydrogen-bond acceptors (Lipinski definition) is 4. The minimum Gasteiger partial charge on any atom is -0.504 e. The SMILES string of the molecule is CCOc1cc(CC2CCNCC2)cc(O)c1OC. The summed E-state index contributed by atoms with van der Waals surface area (Å²) in [6.45, 7) is 4.67. The Balaban J connectivity index is 2.15. The Bertz CT molecular complexity index is 414. The van der Waals surface area contributed by atoms with Crippen molar-refractivity contribution in [1.29, 1.82) is 0 Å². The Morgan fingerprint density at radius 2 is 2.05 bits per heavy atom. The van der Waals surface area contributed by atoms with Gasteiger partial charge in [-0.15, -0.1) is 0 Å². The van der Waals surface area contributed by atoms with Crippen LogP contribution in [0.4, 0.5) is 0 Å². The molecular formula is C15H23NO3. The van der Waals surface area contributed by atoms with E-state index in [2.05, 4.69) is 5.32 Å². The van der Waals surface area contributed by atoms with Crippen molar-refractivity contribution in [3.05, 3.63) is 17.7 Å². The monoisotopic (exact) mass is 265 g/mol. The molecule has 0 spiro atoms. The van der Waals surface area contributed by atoms with Gasteiger partial charge in [-0.25, -0.2) is 0 Å². The second kappa shape index (κ2) is 6.66. The van der Waals surface area contributed by atoms with Gasteiger partial charge in [-0.2, -0.15) is 0 Å². The predicted molar refractivity (Wildman–Crippen MR) is 75.1 cm³/mol. The van der Waals surface area contributed by atoms with Crippen LogP contribution >= 0.6 is 0 Å². The van der Waals surface area contributed by atoms with Gasteiger partial charge in [0, 0.05) is 0 Å².